The van der Waals surface area contributed by atoms with Crippen LogP contribution in [0.2, 0.25) is 0 Å². The van der Waals surface area contributed by atoms with E-state index in [0.29, 0.717) is 12.2 Å². The molecule has 22 heavy (non-hydrogen) atoms. The minimum Gasteiger partial charge on any atom is -0.493 e. The van der Waals surface area contributed by atoms with E-state index in [1.807, 2.05) is 42.5 Å². The quantitative estimate of drug-likeness (QED) is 0.744. The molecular formula is C19H21NO2. The van der Waals surface area contributed by atoms with E-state index >= 15 is 0 Å². The average Bonchev–Trinajstić information content (AvgIpc) is 2.58. The molecule has 0 aliphatic rings. The fourth-order valence-corrected chi connectivity index (χ4v) is 2.32. The Morgan fingerprint density at radius 1 is 0.955 bits per heavy atom. The number of rotatable bonds is 8. The second-order valence-electron chi connectivity index (χ2n) is 5.18. The first kappa shape index (κ1) is 16.1. The van der Waals surface area contributed by atoms with Crippen molar-refractivity contribution in [3.8, 4) is 22.9 Å². The predicted octanol–water partition coefficient (Wildman–Crippen LogP) is 4.16. The van der Waals surface area contributed by atoms with Crippen LogP contribution >= 0.6 is 0 Å². The summed E-state index contributed by atoms with van der Waals surface area (Å²) >= 11 is 0. The molecule has 0 saturated heterocycles. The molecule has 0 bridgehead atoms. The minimum atomic E-state index is 0.253. The van der Waals surface area contributed by atoms with Gasteiger partial charge in [0.25, 0.3) is 0 Å². The normalized spacial score (nSPS) is 10.2. The van der Waals surface area contributed by atoms with Gasteiger partial charge < -0.3 is 9.84 Å². The monoisotopic (exact) mass is 295 g/mol. The maximum Gasteiger partial charge on any atom is 0.128 e. The van der Waals surface area contributed by atoms with Gasteiger partial charge in [-0.05, 0) is 43.0 Å². The van der Waals surface area contributed by atoms with Gasteiger partial charge in [0.05, 0.1) is 18.2 Å². The van der Waals surface area contributed by atoms with Gasteiger partial charge in [-0.3, -0.25) is 0 Å². The van der Waals surface area contributed by atoms with Gasteiger partial charge >= 0.3 is 0 Å². The van der Waals surface area contributed by atoms with Crippen molar-refractivity contribution in [3.05, 3.63) is 54.1 Å². The van der Waals surface area contributed by atoms with Crippen molar-refractivity contribution in [2.24, 2.45) is 0 Å². The molecular weight excluding hydrogens is 274 g/mol. The minimum absolute atomic E-state index is 0.253. The van der Waals surface area contributed by atoms with Crippen LogP contribution in [0, 0.1) is 11.3 Å². The Balaban J connectivity index is 2.06. The standard InChI is InChI=1S/C19H21NO2/c20-15-16-10-11-18(17-8-4-3-5-9-17)19(14-16)22-13-7-2-1-6-12-21/h3-5,8-11,14,21H,1-2,6-7,12-13H2. The molecule has 2 aromatic carbocycles. The van der Waals surface area contributed by atoms with Gasteiger partial charge in [-0.2, -0.15) is 5.26 Å². The molecule has 0 atom stereocenters. The van der Waals surface area contributed by atoms with Crippen LogP contribution in [0.1, 0.15) is 31.2 Å². The average molecular weight is 295 g/mol. The van der Waals surface area contributed by atoms with Crippen LogP contribution in [0.4, 0.5) is 0 Å². The lowest BCUT2D eigenvalue weighted by Gasteiger charge is -2.12. The number of nitriles is 1. The topological polar surface area (TPSA) is 53.2 Å². The summed E-state index contributed by atoms with van der Waals surface area (Å²) in [5.74, 6) is 0.757. The zero-order chi connectivity index (χ0) is 15.6. The molecule has 0 spiro atoms. The van der Waals surface area contributed by atoms with Crippen molar-refractivity contribution < 1.29 is 9.84 Å². The van der Waals surface area contributed by atoms with Gasteiger partial charge in [-0.25, -0.2) is 0 Å². The zero-order valence-electron chi connectivity index (χ0n) is 12.7. The van der Waals surface area contributed by atoms with Crippen LogP contribution in [-0.4, -0.2) is 18.3 Å². The number of aliphatic hydroxyl groups is 1. The molecule has 0 aliphatic carbocycles. The first-order valence-corrected chi connectivity index (χ1v) is 7.68. The Bertz CT molecular complexity index is 617. The number of ether oxygens (including phenoxy) is 1. The second kappa shape index (κ2) is 8.86. The van der Waals surface area contributed by atoms with Crippen LogP contribution in [0.3, 0.4) is 0 Å². The molecule has 2 aromatic rings. The van der Waals surface area contributed by atoms with Crippen molar-refractivity contribution in [1.82, 2.24) is 0 Å². The van der Waals surface area contributed by atoms with Crippen LogP contribution in [0.25, 0.3) is 11.1 Å². The van der Waals surface area contributed by atoms with Crippen LogP contribution in [-0.2, 0) is 0 Å². The molecule has 3 nitrogen and oxygen atoms in total. The summed E-state index contributed by atoms with van der Waals surface area (Å²) in [6, 6.07) is 17.8. The number of nitrogens with zero attached hydrogens (tertiary/aromatic N) is 1. The highest BCUT2D eigenvalue weighted by Crippen LogP contribution is 2.31. The van der Waals surface area contributed by atoms with Gasteiger partial charge in [0, 0.05) is 12.2 Å². The molecule has 0 aliphatic heterocycles. The number of aliphatic hydroxyl groups excluding tert-OH is 1. The lowest BCUT2D eigenvalue weighted by molar-refractivity contribution is 0.273. The first-order chi connectivity index (χ1) is 10.8. The van der Waals surface area contributed by atoms with Crippen molar-refractivity contribution in [2.75, 3.05) is 13.2 Å². The Morgan fingerprint density at radius 2 is 1.73 bits per heavy atom. The van der Waals surface area contributed by atoms with E-state index in [0.717, 1.165) is 42.6 Å². The van der Waals surface area contributed by atoms with E-state index in [2.05, 4.69) is 6.07 Å². The molecule has 0 heterocycles. The molecule has 0 amide bonds. The third kappa shape index (κ3) is 4.61. The molecule has 114 valence electrons. The second-order valence-corrected chi connectivity index (χ2v) is 5.18. The van der Waals surface area contributed by atoms with Crippen LogP contribution < -0.4 is 4.74 Å². The van der Waals surface area contributed by atoms with Crippen molar-refractivity contribution in [3.63, 3.8) is 0 Å². The number of benzene rings is 2. The maximum atomic E-state index is 9.06. The SMILES string of the molecule is N#Cc1ccc(-c2ccccc2)c(OCCCCCCO)c1. The maximum absolute atomic E-state index is 9.06. The van der Waals surface area contributed by atoms with Crippen molar-refractivity contribution >= 4 is 0 Å². The van der Waals surface area contributed by atoms with E-state index in [1.54, 1.807) is 6.07 Å². The van der Waals surface area contributed by atoms with Crippen molar-refractivity contribution in [2.45, 2.75) is 25.7 Å². The Labute approximate surface area is 131 Å². The molecule has 0 aromatic heterocycles. The zero-order valence-corrected chi connectivity index (χ0v) is 12.7. The molecule has 0 fully saturated rings. The summed E-state index contributed by atoms with van der Waals surface area (Å²) in [5.41, 5.74) is 2.70. The van der Waals surface area contributed by atoms with E-state index in [1.165, 1.54) is 0 Å². The first-order valence-electron chi connectivity index (χ1n) is 7.68. The fraction of sp³-hybridized carbons (Fsp3) is 0.316. The molecule has 1 N–H and O–H groups in total. The third-order valence-electron chi connectivity index (χ3n) is 3.51. The fourth-order valence-electron chi connectivity index (χ4n) is 2.32. The Hall–Kier alpha value is -2.31. The van der Waals surface area contributed by atoms with Gasteiger partial charge in [0.2, 0.25) is 0 Å². The van der Waals surface area contributed by atoms with E-state index in [9.17, 15) is 0 Å². The summed E-state index contributed by atoms with van der Waals surface area (Å²) in [4.78, 5) is 0. The lowest BCUT2D eigenvalue weighted by atomic mass is 10.0. The predicted molar refractivity (Wildman–Crippen MR) is 87.6 cm³/mol. The van der Waals surface area contributed by atoms with Crippen LogP contribution in [0.5, 0.6) is 5.75 Å². The highest BCUT2D eigenvalue weighted by molar-refractivity contribution is 5.71. The lowest BCUT2D eigenvalue weighted by Crippen LogP contribution is -1.99. The highest BCUT2D eigenvalue weighted by atomic mass is 16.5. The summed E-state index contributed by atoms with van der Waals surface area (Å²) in [6.45, 7) is 0.878. The van der Waals surface area contributed by atoms with Gasteiger partial charge in [-0.1, -0.05) is 36.8 Å². The highest BCUT2D eigenvalue weighted by Gasteiger charge is 2.07. The largest absolute Gasteiger partial charge is 0.493 e. The third-order valence-corrected chi connectivity index (χ3v) is 3.51. The summed E-state index contributed by atoms with van der Waals surface area (Å²) in [5, 5.41) is 17.8. The van der Waals surface area contributed by atoms with E-state index in [4.69, 9.17) is 15.1 Å². The molecule has 0 unspecified atom stereocenters. The van der Waals surface area contributed by atoms with E-state index in [-0.39, 0.29) is 6.61 Å². The molecule has 2 rings (SSSR count). The molecule has 0 saturated carbocycles. The number of hydrogen-bond donors (Lipinski definition) is 1. The summed E-state index contributed by atoms with van der Waals surface area (Å²) in [6.07, 6.45) is 3.85. The Kier molecular flexibility index (Phi) is 6.47. The van der Waals surface area contributed by atoms with Gasteiger partial charge in [0.1, 0.15) is 5.75 Å². The summed E-state index contributed by atoms with van der Waals surface area (Å²) < 4.78 is 5.90. The van der Waals surface area contributed by atoms with Gasteiger partial charge in [0.15, 0.2) is 0 Å². The van der Waals surface area contributed by atoms with Gasteiger partial charge in [-0.15, -0.1) is 0 Å². The van der Waals surface area contributed by atoms with Crippen molar-refractivity contribution in [1.29, 1.82) is 5.26 Å². The Morgan fingerprint density at radius 3 is 2.45 bits per heavy atom. The summed E-state index contributed by atoms with van der Waals surface area (Å²) in [7, 11) is 0. The molecule has 3 heteroatoms. The smallest absolute Gasteiger partial charge is 0.128 e. The van der Waals surface area contributed by atoms with E-state index < -0.39 is 0 Å². The molecule has 0 radical (unpaired) electrons. The number of unbranched alkanes of at least 4 members (excludes halogenated alkanes) is 3. The van der Waals surface area contributed by atoms with Crippen LogP contribution in [0.15, 0.2) is 48.5 Å². The number of hydrogen-bond acceptors (Lipinski definition) is 3.